The van der Waals surface area contributed by atoms with E-state index in [1.165, 1.54) is 0 Å². The van der Waals surface area contributed by atoms with Gasteiger partial charge < -0.3 is 23.7 Å². The molecule has 0 bridgehead atoms. The topological polar surface area (TPSA) is 95.2 Å². The van der Waals surface area contributed by atoms with E-state index in [4.69, 9.17) is 23.7 Å². The van der Waals surface area contributed by atoms with E-state index in [9.17, 15) is 9.59 Å². The lowest BCUT2D eigenvalue weighted by molar-refractivity contribution is -0.139. The number of hydrogen-bond donors (Lipinski definition) is 1. The summed E-state index contributed by atoms with van der Waals surface area (Å²) in [6.45, 7) is -0.471. The van der Waals surface area contributed by atoms with Crippen LogP contribution < -0.4 is 19.6 Å². The number of ether oxygens (including phenoxy) is 3. The molecule has 4 rings (SSSR count). The summed E-state index contributed by atoms with van der Waals surface area (Å²) in [5.41, 5.74) is 2.60. The predicted octanol–water partition coefficient (Wildman–Crippen LogP) is 3.76. The molecule has 154 valence electrons. The van der Waals surface area contributed by atoms with Gasteiger partial charge in [0.05, 0.1) is 19.6 Å². The fraction of sp³-hybridized carbons (Fsp3) is 0.217. The summed E-state index contributed by atoms with van der Waals surface area (Å²) in [6.07, 6.45) is 3.18. The van der Waals surface area contributed by atoms with Crippen LogP contribution in [-0.4, -0.2) is 31.9 Å². The highest BCUT2D eigenvalue weighted by molar-refractivity contribution is 5.88. The molecular weight excluding hydrogens is 388 g/mol. The molecule has 1 N–H and O–H groups in total. The van der Waals surface area contributed by atoms with E-state index in [2.05, 4.69) is 0 Å². The second-order valence-corrected chi connectivity index (χ2v) is 6.86. The lowest BCUT2D eigenvalue weighted by Gasteiger charge is -2.09. The average molecular weight is 408 g/mol. The van der Waals surface area contributed by atoms with Crippen molar-refractivity contribution in [2.24, 2.45) is 0 Å². The van der Waals surface area contributed by atoms with Crippen LogP contribution in [-0.2, 0) is 11.2 Å². The molecule has 7 heteroatoms. The Bertz CT molecular complexity index is 1220. The molecule has 0 radical (unpaired) electrons. The third-order valence-corrected chi connectivity index (χ3v) is 5.02. The van der Waals surface area contributed by atoms with Crippen molar-refractivity contribution in [2.45, 2.75) is 12.8 Å². The third-order valence-electron chi connectivity index (χ3n) is 5.02. The molecule has 1 heterocycles. The zero-order chi connectivity index (χ0) is 21.3. The van der Waals surface area contributed by atoms with Gasteiger partial charge in [0.2, 0.25) is 0 Å². The smallest absolute Gasteiger partial charge is 0.341 e. The van der Waals surface area contributed by atoms with Gasteiger partial charge in [0.25, 0.3) is 0 Å². The molecule has 30 heavy (non-hydrogen) atoms. The summed E-state index contributed by atoms with van der Waals surface area (Å²) in [4.78, 5) is 23.7. The largest absolute Gasteiger partial charge is 0.497 e. The van der Waals surface area contributed by atoms with Crippen molar-refractivity contribution in [1.82, 2.24) is 0 Å². The van der Waals surface area contributed by atoms with Crippen molar-refractivity contribution in [2.75, 3.05) is 20.8 Å². The molecule has 0 amide bonds. The molecule has 3 aromatic rings. The van der Waals surface area contributed by atoms with Crippen LogP contribution in [0.1, 0.15) is 23.3 Å². The van der Waals surface area contributed by atoms with Crippen molar-refractivity contribution in [3.8, 4) is 17.2 Å². The third kappa shape index (κ3) is 3.61. The van der Waals surface area contributed by atoms with Crippen LogP contribution in [0.25, 0.3) is 22.6 Å². The zero-order valence-electron chi connectivity index (χ0n) is 16.6. The summed E-state index contributed by atoms with van der Waals surface area (Å²) >= 11 is 0. The molecule has 1 aliphatic rings. The maximum atomic E-state index is 13.0. The Morgan fingerprint density at radius 3 is 2.63 bits per heavy atom. The van der Waals surface area contributed by atoms with Crippen molar-refractivity contribution >= 4 is 28.6 Å². The van der Waals surface area contributed by atoms with Gasteiger partial charge in [-0.2, -0.15) is 0 Å². The summed E-state index contributed by atoms with van der Waals surface area (Å²) < 4.78 is 22.0. The van der Waals surface area contributed by atoms with Crippen LogP contribution in [0.4, 0.5) is 0 Å². The standard InChI is InChI=1S/C23H20O7/c1-27-15-5-8-19(28-2)14(10-15)9-13-3-6-18-22(26)17-7-4-16(29-12-21(24)25)11-20(17)30-23(13)18/h4-5,7-11H,3,6,12H2,1-2H3,(H,24,25)/b13-9+. The fourth-order valence-electron chi connectivity index (χ4n) is 3.58. The molecular formula is C23H20O7. The highest BCUT2D eigenvalue weighted by Gasteiger charge is 2.24. The first-order chi connectivity index (χ1) is 14.5. The van der Waals surface area contributed by atoms with E-state index in [1.807, 2.05) is 24.3 Å². The number of allylic oxidation sites excluding steroid dienone is 1. The van der Waals surface area contributed by atoms with E-state index in [0.29, 0.717) is 52.4 Å². The summed E-state index contributed by atoms with van der Waals surface area (Å²) in [7, 11) is 3.19. The number of carbonyl (C=O) groups is 1. The molecule has 0 fully saturated rings. The molecule has 7 nitrogen and oxygen atoms in total. The Morgan fingerprint density at radius 2 is 1.90 bits per heavy atom. The molecule has 0 aliphatic heterocycles. The zero-order valence-corrected chi connectivity index (χ0v) is 16.6. The SMILES string of the molecule is COc1ccc(OC)c(/C=C2\CCc3c2oc2cc(OCC(=O)O)ccc2c3=O)c1. The van der Waals surface area contributed by atoms with Gasteiger partial charge in [-0.15, -0.1) is 0 Å². The lowest BCUT2D eigenvalue weighted by Crippen LogP contribution is -2.10. The van der Waals surface area contributed by atoms with Crippen LogP contribution in [0.5, 0.6) is 17.2 Å². The van der Waals surface area contributed by atoms with Gasteiger partial charge in [0.15, 0.2) is 12.0 Å². The maximum Gasteiger partial charge on any atom is 0.341 e. The normalized spacial score (nSPS) is 14.0. The molecule has 0 spiro atoms. The number of benzene rings is 2. The second-order valence-electron chi connectivity index (χ2n) is 6.86. The van der Waals surface area contributed by atoms with Crippen molar-refractivity contribution < 1.29 is 28.5 Å². The quantitative estimate of drug-likeness (QED) is 0.663. The summed E-state index contributed by atoms with van der Waals surface area (Å²) in [5.74, 6) is 1.16. The molecule has 0 atom stereocenters. The van der Waals surface area contributed by atoms with Gasteiger partial charge in [-0.05, 0) is 54.8 Å². The lowest BCUT2D eigenvalue weighted by atomic mass is 10.1. The van der Waals surface area contributed by atoms with Crippen molar-refractivity contribution in [3.05, 3.63) is 63.5 Å². The van der Waals surface area contributed by atoms with Crippen LogP contribution in [0.3, 0.4) is 0 Å². The number of rotatable bonds is 6. The van der Waals surface area contributed by atoms with Crippen LogP contribution in [0.2, 0.25) is 0 Å². The highest BCUT2D eigenvalue weighted by atomic mass is 16.5. The molecule has 1 aromatic heterocycles. The van der Waals surface area contributed by atoms with Gasteiger partial charge in [-0.3, -0.25) is 4.79 Å². The van der Waals surface area contributed by atoms with Crippen molar-refractivity contribution in [3.63, 3.8) is 0 Å². The highest BCUT2D eigenvalue weighted by Crippen LogP contribution is 2.37. The number of methoxy groups -OCH3 is 2. The number of aliphatic carboxylic acids is 1. The van der Waals surface area contributed by atoms with Crippen molar-refractivity contribution in [1.29, 1.82) is 0 Å². The van der Waals surface area contributed by atoms with Crippen LogP contribution in [0.15, 0.2) is 45.6 Å². The van der Waals surface area contributed by atoms with Crippen LogP contribution in [0, 0.1) is 0 Å². The minimum absolute atomic E-state index is 0.0861. The maximum absolute atomic E-state index is 13.0. The van der Waals surface area contributed by atoms with Gasteiger partial charge in [-0.1, -0.05) is 0 Å². The molecule has 0 unspecified atom stereocenters. The number of fused-ring (bicyclic) bond motifs is 2. The van der Waals surface area contributed by atoms with Gasteiger partial charge in [0.1, 0.15) is 28.6 Å². The second kappa shape index (κ2) is 7.94. The van der Waals surface area contributed by atoms with E-state index in [-0.39, 0.29) is 5.43 Å². The Kier molecular flexibility index (Phi) is 5.18. The monoisotopic (exact) mass is 408 g/mol. The minimum atomic E-state index is -1.08. The van der Waals surface area contributed by atoms with Gasteiger partial charge in [-0.25, -0.2) is 4.79 Å². The Hall–Kier alpha value is -3.74. The summed E-state index contributed by atoms with van der Waals surface area (Å²) in [6, 6.07) is 10.2. The summed E-state index contributed by atoms with van der Waals surface area (Å²) in [5, 5.41) is 9.23. The van der Waals surface area contributed by atoms with Gasteiger partial charge in [0, 0.05) is 17.2 Å². The molecule has 0 saturated heterocycles. The number of carboxylic acid groups (broad SMARTS) is 1. The van der Waals surface area contributed by atoms with E-state index in [1.54, 1.807) is 32.4 Å². The fourth-order valence-corrected chi connectivity index (χ4v) is 3.58. The number of carboxylic acids is 1. The average Bonchev–Trinajstić information content (AvgIpc) is 3.15. The minimum Gasteiger partial charge on any atom is -0.497 e. The molecule has 1 aliphatic carbocycles. The first-order valence-corrected chi connectivity index (χ1v) is 9.37. The Balaban J connectivity index is 1.80. The van der Waals surface area contributed by atoms with E-state index < -0.39 is 12.6 Å². The first kappa shape index (κ1) is 19.6. The van der Waals surface area contributed by atoms with E-state index in [0.717, 1.165) is 11.1 Å². The molecule has 2 aromatic carbocycles. The van der Waals surface area contributed by atoms with E-state index >= 15 is 0 Å². The first-order valence-electron chi connectivity index (χ1n) is 9.37. The van der Waals surface area contributed by atoms with Gasteiger partial charge >= 0.3 is 5.97 Å². The Labute approximate surface area is 172 Å². The molecule has 0 saturated carbocycles. The van der Waals surface area contributed by atoms with Crippen LogP contribution >= 0.6 is 0 Å². The Morgan fingerprint density at radius 1 is 1.10 bits per heavy atom. The predicted molar refractivity (Wildman–Crippen MR) is 111 cm³/mol. The number of hydrogen-bond acceptors (Lipinski definition) is 6.